The minimum Gasteiger partial charge on any atom is -0.484 e. The second-order valence-corrected chi connectivity index (χ2v) is 7.46. The van der Waals surface area contributed by atoms with Gasteiger partial charge in [-0.25, -0.2) is 4.79 Å². The first kappa shape index (κ1) is 22.6. The molecule has 1 amide bonds. The van der Waals surface area contributed by atoms with Gasteiger partial charge in [0.2, 0.25) is 16.0 Å². The molecule has 0 fully saturated rings. The third-order valence-electron chi connectivity index (χ3n) is 4.34. The number of rotatable bonds is 8. The molecule has 13 nitrogen and oxygen atoms in total. The van der Waals surface area contributed by atoms with Crippen molar-refractivity contribution in [3.8, 4) is 28.2 Å². The maximum atomic E-state index is 12.8. The Morgan fingerprint density at radius 3 is 2.91 bits per heavy atom. The average molecular weight is 480 g/mol. The number of nitrogen functional groups attached to an aromatic ring is 1. The quantitative estimate of drug-likeness (QED) is 0.348. The van der Waals surface area contributed by atoms with E-state index >= 15 is 0 Å². The molecule has 4 rings (SSSR count). The Bertz CT molecular complexity index is 1440. The highest BCUT2D eigenvalue weighted by molar-refractivity contribution is 7.17. The molecule has 0 atom stereocenters. The third-order valence-corrected chi connectivity index (χ3v) is 5.15. The van der Waals surface area contributed by atoms with Gasteiger partial charge in [0.25, 0.3) is 5.91 Å². The molecule has 4 heterocycles. The molecule has 0 aliphatic carbocycles. The molecule has 4 aromatic rings. The number of methoxy groups -OCH3 is 1. The van der Waals surface area contributed by atoms with Crippen LogP contribution in [0.15, 0.2) is 45.9 Å². The van der Waals surface area contributed by atoms with Crippen LogP contribution in [0.4, 0.5) is 10.9 Å². The molecule has 0 aliphatic heterocycles. The summed E-state index contributed by atoms with van der Waals surface area (Å²) >= 11 is 1.01. The Hall–Kier alpha value is -4.61. The van der Waals surface area contributed by atoms with Crippen LogP contribution in [0.1, 0.15) is 16.1 Å². The third kappa shape index (κ3) is 4.60. The van der Waals surface area contributed by atoms with Crippen molar-refractivity contribution in [1.29, 1.82) is 5.26 Å². The molecule has 172 valence electrons. The highest BCUT2D eigenvalue weighted by Crippen LogP contribution is 2.30. The first-order chi connectivity index (χ1) is 16.5. The number of anilines is 2. The molecule has 34 heavy (non-hydrogen) atoms. The zero-order valence-corrected chi connectivity index (χ0v) is 18.4. The van der Waals surface area contributed by atoms with Crippen LogP contribution in [0.2, 0.25) is 0 Å². The summed E-state index contributed by atoms with van der Waals surface area (Å²) in [7, 11) is 1.48. The molecule has 0 bridgehead atoms. The van der Waals surface area contributed by atoms with Gasteiger partial charge in [0, 0.05) is 25.4 Å². The summed E-state index contributed by atoms with van der Waals surface area (Å²) in [6, 6.07) is 7.96. The van der Waals surface area contributed by atoms with Crippen LogP contribution in [0.5, 0.6) is 5.75 Å². The summed E-state index contributed by atoms with van der Waals surface area (Å²) in [6.07, 6.45) is 2.95. The number of pyridine rings is 1. The van der Waals surface area contributed by atoms with Gasteiger partial charge in [-0.15, -0.1) is 10.2 Å². The molecule has 0 spiro atoms. The predicted octanol–water partition coefficient (Wildman–Crippen LogP) is 1.47. The van der Waals surface area contributed by atoms with Gasteiger partial charge in [0.15, 0.2) is 5.76 Å². The normalized spacial score (nSPS) is 10.6. The van der Waals surface area contributed by atoms with E-state index in [-0.39, 0.29) is 46.7 Å². The number of ether oxygens (including phenoxy) is 2. The van der Waals surface area contributed by atoms with E-state index in [1.807, 2.05) is 6.07 Å². The van der Waals surface area contributed by atoms with Crippen molar-refractivity contribution in [2.45, 2.75) is 0 Å². The fourth-order valence-corrected chi connectivity index (χ4v) is 3.55. The number of nitrogens with one attached hydrogen (secondary N) is 1. The van der Waals surface area contributed by atoms with Gasteiger partial charge in [-0.05, 0) is 12.1 Å². The minimum atomic E-state index is -0.921. The summed E-state index contributed by atoms with van der Waals surface area (Å²) in [5, 5.41) is 24.3. The summed E-state index contributed by atoms with van der Waals surface area (Å²) in [4.78, 5) is 29.7. The van der Waals surface area contributed by atoms with Crippen molar-refractivity contribution in [2.75, 3.05) is 31.4 Å². The number of nitrogens with zero attached hydrogens (tertiary/aromatic N) is 6. The molecule has 0 saturated carbocycles. The molecule has 0 aliphatic rings. The second kappa shape index (κ2) is 9.90. The lowest BCUT2D eigenvalue weighted by Gasteiger charge is -2.11. The minimum absolute atomic E-state index is 0.0403. The number of hydrogen-bond acceptors (Lipinski definition) is 12. The molecule has 3 N–H and O–H groups in total. The zero-order valence-electron chi connectivity index (χ0n) is 17.6. The van der Waals surface area contributed by atoms with Crippen molar-refractivity contribution in [3.63, 3.8) is 0 Å². The predicted molar refractivity (Wildman–Crippen MR) is 120 cm³/mol. The van der Waals surface area contributed by atoms with Crippen LogP contribution in [0.3, 0.4) is 0 Å². The maximum absolute atomic E-state index is 12.8. The molecule has 4 aromatic heterocycles. The fourth-order valence-electron chi connectivity index (χ4n) is 2.83. The van der Waals surface area contributed by atoms with Crippen LogP contribution < -0.4 is 21.4 Å². The largest absolute Gasteiger partial charge is 0.484 e. The number of amides is 1. The van der Waals surface area contributed by atoms with Crippen molar-refractivity contribution >= 4 is 28.2 Å². The van der Waals surface area contributed by atoms with Crippen molar-refractivity contribution < 1.29 is 18.7 Å². The lowest BCUT2D eigenvalue weighted by molar-refractivity contribution is 0.0990. The van der Waals surface area contributed by atoms with Gasteiger partial charge in [0.1, 0.15) is 18.5 Å². The molecule has 0 unspecified atom stereocenters. The van der Waals surface area contributed by atoms with Crippen molar-refractivity contribution in [2.24, 2.45) is 0 Å². The van der Waals surface area contributed by atoms with E-state index < -0.39 is 11.5 Å². The second-order valence-electron chi connectivity index (χ2n) is 6.51. The van der Waals surface area contributed by atoms with E-state index in [4.69, 9.17) is 19.6 Å². The van der Waals surface area contributed by atoms with Gasteiger partial charge in [-0.3, -0.25) is 15.1 Å². The van der Waals surface area contributed by atoms with E-state index in [1.165, 1.54) is 36.3 Å². The van der Waals surface area contributed by atoms with E-state index in [2.05, 4.69) is 25.6 Å². The number of aromatic nitrogens is 5. The molecule has 0 saturated heterocycles. The van der Waals surface area contributed by atoms with Crippen LogP contribution in [-0.4, -0.2) is 51.2 Å². The van der Waals surface area contributed by atoms with Gasteiger partial charge < -0.3 is 19.6 Å². The lowest BCUT2D eigenvalue weighted by Crippen LogP contribution is -2.18. The van der Waals surface area contributed by atoms with Crippen LogP contribution in [0.25, 0.3) is 16.4 Å². The van der Waals surface area contributed by atoms with Crippen molar-refractivity contribution in [3.05, 3.63) is 58.4 Å². The van der Waals surface area contributed by atoms with Crippen molar-refractivity contribution in [1.82, 2.24) is 25.0 Å². The highest BCUT2D eigenvalue weighted by Gasteiger charge is 2.23. The summed E-state index contributed by atoms with van der Waals surface area (Å²) in [5.41, 5.74) is 5.34. The lowest BCUT2D eigenvalue weighted by atomic mass is 10.1. The SMILES string of the molecule is COCCOc1c(-c2ncccc2C#N)cc(C(=O)Nc2nnc(-n3nccc3N)s2)oc1=O. The van der Waals surface area contributed by atoms with E-state index in [9.17, 15) is 14.9 Å². The Morgan fingerprint density at radius 1 is 1.32 bits per heavy atom. The summed E-state index contributed by atoms with van der Waals surface area (Å²) < 4.78 is 17.0. The standard InChI is InChI=1S/C20H16N8O5S/c1-31-7-8-32-16-12(15-11(10-21)3-2-5-23-15)9-13(33-18(16)30)17(29)25-19-26-27-20(34-19)28-14(22)4-6-24-28/h2-6,9H,7-8,22H2,1H3,(H,25,26,29). The molecular weight excluding hydrogens is 464 g/mol. The van der Waals surface area contributed by atoms with Crippen LogP contribution in [0, 0.1) is 11.3 Å². The summed E-state index contributed by atoms with van der Waals surface area (Å²) in [6.45, 7) is 0.243. The Morgan fingerprint density at radius 2 is 2.18 bits per heavy atom. The number of hydrogen-bond donors (Lipinski definition) is 2. The Balaban J connectivity index is 1.68. The smallest absolute Gasteiger partial charge is 0.379 e. The van der Waals surface area contributed by atoms with Gasteiger partial charge in [-0.2, -0.15) is 15.0 Å². The van der Waals surface area contributed by atoms with Gasteiger partial charge in [-0.1, -0.05) is 11.3 Å². The molecule has 14 heteroatoms. The Labute approximate surface area is 195 Å². The van der Waals surface area contributed by atoms with E-state index in [0.717, 1.165) is 11.3 Å². The Kier molecular flexibility index (Phi) is 6.57. The fraction of sp³-hybridized carbons (Fsp3) is 0.150. The topological polar surface area (TPSA) is 184 Å². The number of carbonyl (C=O) groups is 1. The zero-order chi connectivity index (χ0) is 24.1. The van der Waals surface area contributed by atoms with Gasteiger partial charge >= 0.3 is 5.63 Å². The number of nitrogens with two attached hydrogens (primary N) is 1. The molecule has 0 radical (unpaired) electrons. The maximum Gasteiger partial charge on any atom is 0.379 e. The number of nitriles is 1. The number of carbonyl (C=O) groups excluding carboxylic acids is 1. The average Bonchev–Trinajstić information content (AvgIpc) is 3.48. The monoisotopic (exact) mass is 480 g/mol. The van der Waals surface area contributed by atoms with E-state index in [1.54, 1.807) is 12.1 Å². The first-order valence-corrected chi connectivity index (χ1v) is 10.4. The van der Waals surface area contributed by atoms with E-state index in [0.29, 0.717) is 10.9 Å². The van der Waals surface area contributed by atoms with Gasteiger partial charge in [0.05, 0.1) is 29.6 Å². The molecular formula is C20H16N8O5S. The van der Waals surface area contributed by atoms with Crippen LogP contribution in [-0.2, 0) is 4.74 Å². The highest BCUT2D eigenvalue weighted by atomic mass is 32.1. The molecule has 0 aromatic carbocycles. The first-order valence-electron chi connectivity index (χ1n) is 9.62. The van der Waals surface area contributed by atoms with Crippen LogP contribution >= 0.6 is 11.3 Å². The summed E-state index contributed by atoms with van der Waals surface area (Å²) in [5.74, 6) is -0.968.